The van der Waals surface area contributed by atoms with Crippen LogP contribution in [-0.2, 0) is 18.4 Å². The normalized spacial score (nSPS) is 31.9. The number of halogens is 1. The summed E-state index contributed by atoms with van der Waals surface area (Å²) in [6, 6.07) is 0.0672. The number of carboxylic acid groups (broad SMARTS) is 1. The second-order valence-corrected chi connectivity index (χ2v) is 6.45. The number of aryl methyl sites for hydroxylation is 2. The van der Waals surface area contributed by atoms with Crippen LogP contribution in [0.15, 0.2) is 0 Å². The molecule has 0 saturated heterocycles. The molecule has 2 fully saturated rings. The average Bonchev–Trinajstić information content (AvgIpc) is 3.03. The zero-order valence-electron chi connectivity index (χ0n) is 11.8. The Bertz CT molecular complexity index is 543. The lowest BCUT2D eigenvalue weighted by atomic mass is 9.84. The second-order valence-electron chi connectivity index (χ2n) is 6.07. The highest BCUT2D eigenvalue weighted by Crippen LogP contribution is 2.48. The molecule has 0 amide bonds. The summed E-state index contributed by atoms with van der Waals surface area (Å²) in [4.78, 5) is 11.5. The van der Waals surface area contributed by atoms with Crippen LogP contribution in [0.5, 0.6) is 0 Å². The van der Waals surface area contributed by atoms with E-state index < -0.39 is 5.97 Å². The first-order valence-electron chi connectivity index (χ1n) is 7.13. The Morgan fingerprint density at radius 2 is 2.20 bits per heavy atom. The van der Waals surface area contributed by atoms with Crippen LogP contribution in [0.3, 0.4) is 0 Å². The van der Waals surface area contributed by atoms with Gasteiger partial charge in [0, 0.05) is 19.6 Å². The molecule has 20 heavy (non-hydrogen) atoms. The van der Waals surface area contributed by atoms with Gasteiger partial charge in [0.1, 0.15) is 0 Å². The summed E-state index contributed by atoms with van der Waals surface area (Å²) in [6.07, 6.45) is 3.25. The summed E-state index contributed by atoms with van der Waals surface area (Å²) in [5.74, 6) is -0.0724. The summed E-state index contributed by atoms with van der Waals surface area (Å²) in [5.41, 5.74) is 1.74. The quantitative estimate of drug-likeness (QED) is 0.892. The van der Waals surface area contributed by atoms with Crippen molar-refractivity contribution >= 4 is 17.6 Å². The fraction of sp³-hybridized carbons (Fsp3) is 0.714. The number of aromatic nitrogens is 2. The van der Waals surface area contributed by atoms with Crippen molar-refractivity contribution in [3.05, 3.63) is 16.4 Å². The van der Waals surface area contributed by atoms with Gasteiger partial charge in [-0.2, -0.15) is 5.10 Å². The molecule has 110 valence electrons. The number of aliphatic carboxylic acids is 1. The van der Waals surface area contributed by atoms with Gasteiger partial charge in [-0.1, -0.05) is 11.6 Å². The van der Waals surface area contributed by atoms with Crippen LogP contribution in [0, 0.1) is 24.7 Å². The van der Waals surface area contributed by atoms with Gasteiger partial charge >= 0.3 is 5.97 Å². The highest BCUT2D eigenvalue weighted by atomic mass is 35.5. The number of fused-ring (bicyclic) bond motifs is 2. The van der Waals surface area contributed by atoms with E-state index in [1.165, 1.54) is 0 Å². The topological polar surface area (TPSA) is 67.2 Å². The highest BCUT2D eigenvalue weighted by Gasteiger charge is 2.50. The van der Waals surface area contributed by atoms with Gasteiger partial charge in [0.2, 0.25) is 0 Å². The molecule has 2 bridgehead atoms. The van der Waals surface area contributed by atoms with Gasteiger partial charge in [-0.25, -0.2) is 0 Å². The number of rotatable bonds is 4. The summed E-state index contributed by atoms with van der Waals surface area (Å²) in [5, 5.41) is 17.8. The number of hydrogen-bond acceptors (Lipinski definition) is 3. The molecule has 1 aromatic rings. The Morgan fingerprint density at radius 1 is 1.50 bits per heavy atom. The zero-order chi connectivity index (χ0) is 14.4. The van der Waals surface area contributed by atoms with Crippen molar-refractivity contribution in [2.45, 2.75) is 38.8 Å². The Morgan fingerprint density at radius 3 is 2.80 bits per heavy atom. The monoisotopic (exact) mass is 297 g/mol. The molecule has 0 aliphatic heterocycles. The van der Waals surface area contributed by atoms with Gasteiger partial charge in [-0.3, -0.25) is 9.48 Å². The maximum absolute atomic E-state index is 11.5. The Balaban J connectivity index is 1.73. The molecule has 2 saturated carbocycles. The minimum Gasteiger partial charge on any atom is -0.481 e. The van der Waals surface area contributed by atoms with E-state index in [1.54, 1.807) is 4.68 Å². The largest absolute Gasteiger partial charge is 0.481 e. The fourth-order valence-corrected chi connectivity index (χ4v) is 4.25. The molecule has 4 atom stereocenters. The molecule has 0 spiro atoms. The Kier molecular flexibility index (Phi) is 3.50. The predicted octanol–water partition coefficient (Wildman–Crippen LogP) is 1.97. The van der Waals surface area contributed by atoms with Crippen LogP contribution in [0.2, 0.25) is 5.02 Å². The molecule has 0 radical (unpaired) electrons. The minimum absolute atomic E-state index is 0.0672. The van der Waals surface area contributed by atoms with Crippen LogP contribution in [0.25, 0.3) is 0 Å². The molecular weight excluding hydrogens is 278 g/mol. The van der Waals surface area contributed by atoms with Crippen molar-refractivity contribution in [3.63, 3.8) is 0 Å². The van der Waals surface area contributed by atoms with Crippen LogP contribution in [-0.4, -0.2) is 26.9 Å². The first kappa shape index (κ1) is 13.9. The van der Waals surface area contributed by atoms with E-state index in [9.17, 15) is 9.90 Å². The summed E-state index contributed by atoms with van der Waals surface area (Å²) < 4.78 is 1.77. The summed E-state index contributed by atoms with van der Waals surface area (Å²) in [6.45, 7) is 2.46. The van der Waals surface area contributed by atoms with Gasteiger partial charge in [0.15, 0.2) is 0 Å². The molecule has 4 unspecified atom stereocenters. The average molecular weight is 298 g/mol. The zero-order valence-corrected chi connectivity index (χ0v) is 12.5. The van der Waals surface area contributed by atoms with Crippen molar-refractivity contribution in [2.75, 3.05) is 0 Å². The van der Waals surface area contributed by atoms with Gasteiger partial charge in [0.05, 0.1) is 22.3 Å². The number of nitrogens with zero attached hydrogens (tertiary/aromatic N) is 2. The number of carbonyl (C=O) groups is 1. The maximum atomic E-state index is 11.5. The van der Waals surface area contributed by atoms with Crippen LogP contribution in [0.1, 0.15) is 30.7 Å². The van der Waals surface area contributed by atoms with Crippen LogP contribution in [0.4, 0.5) is 0 Å². The molecular formula is C14H20ClN3O2. The lowest BCUT2D eigenvalue weighted by Gasteiger charge is -2.29. The molecule has 5 nitrogen and oxygen atoms in total. The molecule has 2 N–H and O–H groups in total. The highest BCUT2D eigenvalue weighted by molar-refractivity contribution is 6.31. The molecule has 2 aliphatic carbocycles. The third kappa shape index (κ3) is 2.13. The summed E-state index contributed by atoms with van der Waals surface area (Å²) >= 11 is 6.24. The van der Waals surface area contributed by atoms with Crippen molar-refractivity contribution in [2.24, 2.45) is 24.8 Å². The number of hydrogen-bond donors (Lipinski definition) is 2. The molecule has 3 rings (SSSR count). The first-order valence-corrected chi connectivity index (χ1v) is 7.51. The van der Waals surface area contributed by atoms with Crippen molar-refractivity contribution in [1.82, 2.24) is 15.1 Å². The molecule has 2 aliphatic rings. The van der Waals surface area contributed by atoms with Crippen molar-refractivity contribution in [1.29, 1.82) is 0 Å². The lowest BCUT2D eigenvalue weighted by Crippen LogP contribution is -2.44. The second kappa shape index (κ2) is 5.04. The van der Waals surface area contributed by atoms with Gasteiger partial charge in [-0.15, -0.1) is 0 Å². The fourth-order valence-electron chi connectivity index (χ4n) is 4.03. The van der Waals surface area contributed by atoms with Crippen molar-refractivity contribution < 1.29 is 9.90 Å². The summed E-state index contributed by atoms with van der Waals surface area (Å²) in [7, 11) is 1.87. The van der Waals surface area contributed by atoms with Crippen molar-refractivity contribution in [3.8, 4) is 0 Å². The van der Waals surface area contributed by atoms with Gasteiger partial charge in [-0.05, 0) is 38.0 Å². The van der Waals surface area contributed by atoms with E-state index in [4.69, 9.17) is 11.6 Å². The van der Waals surface area contributed by atoms with Crippen LogP contribution >= 0.6 is 11.6 Å². The lowest BCUT2D eigenvalue weighted by molar-refractivity contribution is -0.144. The minimum atomic E-state index is -0.665. The van der Waals surface area contributed by atoms with Gasteiger partial charge < -0.3 is 10.4 Å². The molecule has 1 heterocycles. The van der Waals surface area contributed by atoms with E-state index in [0.29, 0.717) is 23.4 Å². The first-order chi connectivity index (χ1) is 9.49. The number of nitrogens with one attached hydrogen (secondary N) is 1. The van der Waals surface area contributed by atoms with E-state index in [1.807, 2.05) is 14.0 Å². The maximum Gasteiger partial charge on any atom is 0.308 e. The SMILES string of the molecule is Cc1nn(C)c(CNC2C3CCC(C3)C2C(=O)O)c1Cl. The third-order valence-electron chi connectivity index (χ3n) is 4.97. The third-order valence-corrected chi connectivity index (χ3v) is 5.46. The van der Waals surface area contributed by atoms with Gasteiger partial charge in [0.25, 0.3) is 0 Å². The standard InChI is InChI=1S/C14H20ClN3O2/c1-7-12(15)10(18(2)17-7)6-16-13-9-4-3-8(5-9)11(13)14(19)20/h8-9,11,13,16H,3-6H2,1-2H3,(H,19,20). The number of carboxylic acids is 1. The van der Waals surface area contributed by atoms with Crippen LogP contribution < -0.4 is 5.32 Å². The Hall–Kier alpha value is -1.07. The predicted molar refractivity (Wildman–Crippen MR) is 75.5 cm³/mol. The van der Waals surface area contributed by atoms with E-state index in [-0.39, 0.29) is 12.0 Å². The smallest absolute Gasteiger partial charge is 0.308 e. The Labute approximate surface area is 123 Å². The van der Waals surface area contributed by atoms with E-state index in [2.05, 4.69) is 10.4 Å². The molecule has 0 aromatic carbocycles. The molecule has 1 aromatic heterocycles. The van der Waals surface area contributed by atoms with E-state index >= 15 is 0 Å². The van der Waals surface area contributed by atoms with E-state index in [0.717, 1.165) is 30.7 Å². The molecule has 6 heteroatoms.